The molecule has 0 radical (unpaired) electrons. The fourth-order valence-electron chi connectivity index (χ4n) is 3.25. The summed E-state index contributed by atoms with van der Waals surface area (Å²) in [5, 5.41) is 8.78. The molecule has 4 heterocycles. The Morgan fingerprint density at radius 2 is 2.33 bits per heavy atom. The Morgan fingerprint density at radius 1 is 1.57 bits per heavy atom. The van der Waals surface area contributed by atoms with Gasteiger partial charge >= 0.3 is 174 Å². The van der Waals surface area contributed by atoms with E-state index >= 15 is 4.39 Å². The van der Waals surface area contributed by atoms with Crippen molar-refractivity contribution in [2.75, 3.05) is 18.9 Å². The van der Waals surface area contributed by atoms with Crippen molar-refractivity contribution in [1.29, 1.82) is 0 Å². The number of anilines is 1. The molecule has 0 aliphatic carbocycles. The van der Waals surface area contributed by atoms with Gasteiger partial charge < -0.3 is 0 Å². The summed E-state index contributed by atoms with van der Waals surface area (Å²) in [6, 6.07) is 0. The third-order valence-electron chi connectivity index (χ3n) is 4.93. The Labute approximate surface area is 174 Å². The zero-order valence-corrected chi connectivity index (χ0v) is 17.4. The number of aromatic nitrogens is 4. The summed E-state index contributed by atoms with van der Waals surface area (Å²) in [4.78, 5) is 33.3. The van der Waals surface area contributed by atoms with E-state index in [1.165, 1.54) is 17.8 Å². The van der Waals surface area contributed by atoms with Crippen molar-refractivity contribution in [2.45, 2.75) is 38.0 Å². The first-order valence-corrected chi connectivity index (χ1v) is 11.1. The molecule has 0 unspecified atom stereocenters. The quantitative estimate of drug-likeness (QED) is 0.413. The second kappa shape index (κ2) is 8.08. The van der Waals surface area contributed by atoms with Crippen molar-refractivity contribution in [3.8, 4) is 0 Å². The molecule has 2 fully saturated rings. The zero-order valence-electron chi connectivity index (χ0n) is 15.6. The van der Waals surface area contributed by atoms with Crippen LogP contribution in [0.1, 0.15) is 19.6 Å². The number of rotatable bonds is 6. The summed E-state index contributed by atoms with van der Waals surface area (Å²) in [6.45, 7) is 1.22. The first-order valence-electron chi connectivity index (χ1n) is 9.04. The van der Waals surface area contributed by atoms with E-state index in [1.807, 2.05) is 0 Å². The van der Waals surface area contributed by atoms with Gasteiger partial charge in [-0.15, -0.1) is 0 Å². The van der Waals surface area contributed by atoms with Gasteiger partial charge in [-0.1, -0.05) is 0 Å². The molecule has 12 nitrogen and oxygen atoms in total. The number of halogens is 2. The van der Waals surface area contributed by atoms with Crippen LogP contribution in [0.2, 0.25) is 5.28 Å². The van der Waals surface area contributed by atoms with Crippen molar-refractivity contribution in [3.63, 3.8) is 0 Å². The van der Waals surface area contributed by atoms with Gasteiger partial charge in [0.05, 0.1) is 0 Å². The Kier molecular flexibility index (Phi) is 5.79. The van der Waals surface area contributed by atoms with E-state index < -0.39 is 44.7 Å². The number of nitrogens with two attached hydrogens (primary N) is 1. The molecule has 0 saturated carbocycles. The normalized spacial score (nSPS) is 30.1. The van der Waals surface area contributed by atoms with Gasteiger partial charge in [-0.05, 0) is 0 Å². The van der Waals surface area contributed by atoms with Crippen LogP contribution in [0.25, 0.3) is 11.2 Å². The molecular formula is C15H20ClFN5O7P. The molecule has 0 aromatic carbocycles. The molecule has 15 heteroatoms. The van der Waals surface area contributed by atoms with E-state index in [0.717, 1.165) is 0 Å². The first kappa shape index (κ1) is 21.5. The predicted molar refractivity (Wildman–Crippen MR) is 102 cm³/mol. The fraction of sp³-hybridized carbons (Fsp3) is 0.600. The molecule has 166 valence electrons. The predicted octanol–water partition coefficient (Wildman–Crippen LogP) is 1.24. The number of carboxylic acids is 1. The standard InChI is InChI=1S/C15H20ClFN5O7P/c1-6(14(23)24)2-3-26-30(25)27-4-7-10(29-30)8(17)13(28-7)22-5-19-9-11(18)20-15(16)21-12(9)22/h5-8,10,13,25,30H,2-4H2,1H3,(H,23,24)(H2,18,20,21)/t6-,7+,8-,10+,13+/m0/s1. The molecule has 4 N–H and O–H groups in total. The Bertz CT molecular complexity index is 969. The topological polar surface area (TPSA) is 164 Å². The number of nitrogens with zero attached hydrogens (tertiary/aromatic N) is 4. The van der Waals surface area contributed by atoms with Crippen LogP contribution < -0.4 is 5.73 Å². The number of aliphatic carboxylic acids is 1. The maximum absolute atomic E-state index is 15.2. The molecule has 4 rings (SSSR count). The minimum absolute atomic E-state index is 0.0416. The monoisotopic (exact) mass is 467 g/mol. The first-order chi connectivity index (χ1) is 14.2. The van der Waals surface area contributed by atoms with Gasteiger partial charge in [0.15, 0.2) is 0 Å². The summed E-state index contributed by atoms with van der Waals surface area (Å²) < 4.78 is 38.2. The van der Waals surface area contributed by atoms with Gasteiger partial charge in [0.1, 0.15) is 0 Å². The Hall–Kier alpha value is -1.73. The van der Waals surface area contributed by atoms with Gasteiger partial charge in [-0.3, -0.25) is 0 Å². The van der Waals surface area contributed by atoms with Crippen molar-refractivity contribution in [2.24, 2.45) is 5.92 Å². The average Bonchev–Trinajstić information content (AvgIpc) is 3.23. The SMILES string of the molecule is C[C@@H](CCO[PH]1(O)OC[C@H]2O[C@@H](n3cnc4c(N)nc(Cl)nc43)[C@@H](F)[C@@H]2O1)C(=O)O. The van der Waals surface area contributed by atoms with E-state index in [0.29, 0.717) is 0 Å². The Balaban J connectivity index is 1.48. The van der Waals surface area contributed by atoms with Crippen molar-refractivity contribution >= 4 is 42.7 Å². The maximum atomic E-state index is 15.2. The number of ether oxygens (including phenoxy) is 1. The molecule has 5 atom stereocenters. The van der Waals surface area contributed by atoms with Crippen LogP contribution in [0, 0.1) is 5.92 Å². The molecule has 2 aromatic rings. The summed E-state index contributed by atoms with van der Waals surface area (Å²) in [5.74, 6) is -1.63. The summed E-state index contributed by atoms with van der Waals surface area (Å²) in [5.41, 5.74) is 6.20. The third kappa shape index (κ3) is 3.94. The van der Waals surface area contributed by atoms with Crippen LogP contribution in [-0.2, 0) is 23.1 Å². The number of alkyl halides is 1. The number of fused-ring (bicyclic) bond motifs is 2. The summed E-state index contributed by atoms with van der Waals surface area (Å²) in [6.07, 6.45) is -3.44. The molecule has 0 spiro atoms. The number of carboxylic acid groups (broad SMARTS) is 1. The van der Waals surface area contributed by atoms with Gasteiger partial charge in [0, 0.05) is 0 Å². The van der Waals surface area contributed by atoms with Crippen LogP contribution in [0.5, 0.6) is 0 Å². The molecule has 0 bridgehead atoms. The van der Waals surface area contributed by atoms with Crippen molar-refractivity contribution < 1.29 is 37.5 Å². The average molecular weight is 468 g/mol. The minimum atomic E-state index is -4.16. The van der Waals surface area contributed by atoms with Gasteiger partial charge in [0.2, 0.25) is 0 Å². The van der Waals surface area contributed by atoms with Crippen LogP contribution >= 0.6 is 19.8 Å². The van der Waals surface area contributed by atoms with Gasteiger partial charge in [-0.2, -0.15) is 0 Å². The molecule has 2 saturated heterocycles. The van der Waals surface area contributed by atoms with E-state index in [4.69, 9.17) is 40.7 Å². The van der Waals surface area contributed by atoms with Gasteiger partial charge in [-0.25, -0.2) is 0 Å². The van der Waals surface area contributed by atoms with Crippen LogP contribution in [-0.4, -0.2) is 67.1 Å². The van der Waals surface area contributed by atoms with Crippen molar-refractivity contribution in [1.82, 2.24) is 19.5 Å². The molecular weight excluding hydrogens is 448 g/mol. The summed E-state index contributed by atoms with van der Waals surface area (Å²) in [7, 11) is -4.16. The number of carbonyl (C=O) groups is 1. The molecule has 2 aliphatic heterocycles. The van der Waals surface area contributed by atoms with E-state index in [2.05, 4.69) is 15.0 Å². The van der Waals surface area contributed by atoms with E-state index in [9.17, 15) is 9.69 Å². The number of hydrogen-bond acceptors (Lipinski definition) is 10. The van der Waals surface area contributed by atoms with Crippen molar-refractivity contribution in [3.05, 3.63) is 11.6 Å². The zero-order chi connectivity index (χ0) is 21.6. The second-order valence-electron chi connectivity index (χ2n) is 7.01. The van der Waals surface area contributed by atoms with Crippen LogP contribution in [0.4, 0.5) is 10.2 Å². The molecule has 2 aliphatic rings. The number of imidazole rings is 1. The van der Waals surface area contributed by atoms with Gasteiger partial charge in [0.25, 0.3) is 0 Å². The molecule has 2 aromatic heterocycles. The second-order valence-corrected chi connectivity index (χ2v) is 9.20. The molecule has 0 amide bonds. The van der Waals surface area contributed by atoms with E-state index in [-0.39, 0.29) is 41.9 Å². The molecule has 30 heavy (non-hydrogen) atoms. The fourth-order valence-corrected chi connectivity index (χ4v) is 5.01. The van der Waals surface area contributed by atoms with Crippen LogP contribution in [0.15, 0.2) is 6.33 Å². The summed E-state index contributed by atoms with van der Waals surface area (Å²) >= 11 is 5.84. The Morgan fingerprint density at radius 3 is 3.07 bits per heavy atom. The third-order valence-corrected chi connectivity index (χ3v) is 6.77. The number of hydrogen-bond donors (Lipinski definition) is 3. The number of nitrogen functional groups attached to an aromatic ring is 1. The van der Waals surface area contributed by atoms with Crippen LogP contribution in [0.3, 0.4) is 0 Å². The van der Waals surface area contributed by atoms with E-state index in [1.54, 1.807) is 0 Å².